The van der Waals surface area contributed by atoms with E-state index >= 15 is 0 Å². The molecule has 208 valence electrons. The molecular weight excluding hydrogens is 522 g/mol. The molecule has 0 unspecified atom stereocenters. The molecule has 0 radical (unpaired) electrons. The van der Waals surface area contributed by atoms with Crippen LogP contribution < -0.4 is 24.3 Å². The van der Waals surface area contributed by atoms with Gasteiger partial charge in [0.15, 0.2) is 46.0 Å². The summed E-state index contributed by atoms with van der Waals surface area (Å²) in [5, 5.41) is 3.44. The molecule has 0 saturated heterocycles. The smallest absolute Gasteiger partial charge is 0.173 e. The van der Waals surface area contributed by atoms with Gasteiger partial charge < -0.3 is 24.3 Å². The normalized spacial score (nSPS) is 13.3. The summed E-state index contributed by atoms with van der Waals surface area (Å²) in [5.41, 5.74) is 6.86. The van der Waals surface area contributed by atoms with Crippen LogP contribution in [0.5, 0.6) is 46.0 Å². The fraction of sp³-hybridized carbons (Fsp3) is 0.0811. The lowest BCUT2D eigenvalue weighted by Gasteiger charge is -2.24. The van der Waals surface area contributed by atoms with Crippen molar-refractivity contribution in [3.63, 3.8) is 0 Å². The number of rotatable bonds is 7. The third-order valence-electron chi connectivity index (χ3n) is 7.07. The quantitative estimate of drug-likeness (QED) is 0.199. The van der Waals surface area contributed by atoms with Gasteiger partial charge in [0.1, 0.15) is 0 Å². The van der Waals surface area contributed by atoms with E-state index < -0.39 is 0 Å². The van der Waals surface area contributed by atoms with Crippen molar-refractivity contribution in [2.24, 2.45) is 0 Å². The van der Waals surface area contributed by atoms with E-state index in [-0.39, 0.29) is 0 Å². The summed E-state index contributed by atoms with van der Waals surface area (Å²) < 4.78 is 25.0. The van der Waals surface area contributed by atoms with Crippen LogP contribution in [0, 0.1) is 6.92 Å². The highest BCUT2D eigenvalue weighted by atomic mass is 16.6. The number of hydrogen-bond donors (Lipinski definition) is 1. The van der Waals surface area contributed by atoms with Crippen LogP contribution in [0.3, 0.4) is 0 Å². The molecule has 5 nitrogen and oxygen atoms in total. The summed E-state index contributed by atoms with van der Waals surface area (Å²) in [7, 11) is 0. The Morgan fingerprint density at radius 3 is 1.86 bits per heavy atom. The Kier molecular flexibility index (Phi) is 7.16. The van der Waals surface area contributed by atoms with Crippen molar-refractivity contribution in [2.75, 3.05) is 5.32 Å². The third kappa shape index (κ3) is 5.08. The molecule has 0 saturated carbocycles. The number of ether oxygens (including phenoxy) is 4. The minimum Gasteiger partial charge on any atom is -0.449 e. The number of hydrogen-bond acceptors (Lipinski definition) is 5. The molecule has 0 bridgehead atoms. The number of aryl methyl sites for hydroxylation is 1. The van der Waals surface area contributed by atoms with Crippen LogP contribution >= 0.6 is 0 Å². The number of fused-ring (bicyclic) bond motifs is 4. The molecule has 4 aromatic carbocycles. The van der Waals surface area contributed by atoms with E-state index in [1.165, 1.54) is 0 Å². The molecule has 5 heteroatoms. The van der Waals surface area contributed by atoms with Crippen LogP contribution in [0.4, 0.5) is 11.4 Å². The number of anilines is 2. The van der Waals surface area contributed by atoms with Crippen LogP contribution in [-0.4, -0.2) is 0 Å². The average Bonchev–Trinajstić information content (AvgIpc) is 3.00. The van der Waals surface area contributed by atoms with Crippen molar-refractivity contribution < 1.29 is 18.9 Å². The highest BCUT2D eigenvalue weighted by molar-refractivity contribution is 5.78. The molecule has 6 rings (SSSR count). The standard InChI is InChI=1S/C37H31NO4/c1-6-10-24(8-3)26-12-15-30-33(19-26)39-31-16-13-28(21-34(31)40-30)38-29-14-17-32-35(22-29)42-37-23(5)18-27(20-36(37)41-32)25(9-4)11-7-2/h6-22,38H,1,3H2,2,4-5H3/b11-7-,24-10+,25-9+. The Bertz CT molecular complexity index is 1830. The molecule has 2 heterocycles. The summed E-state index contributed by atoms with van der Waals surface area (Å²) in [6, 6.07) is 21.5. The molecular formula is C37H31NO4. The number of allylic oxidation sites excluding steroid dienone is 8. The molecule has 4 aromatic rings. The summed E-state index contributed by atoms with van der Waals surface area (Å²) >= 11 is 0. The predicted molar refractivity (Wildman–Crippen MR) is 171 cm³/mol. The fourth-order valence-electron chi connectivity index (χ4n) is 5.05. The van der Waals surface area contributed by atoms with Gasteiger partial charge in [-0.1, -0.05) is 55.7 Å². The van der Waals surface area contributed by atoms with E-state index in [1.807, 2.05) is 93.6 Å². The van der Waals surface area contributed by atoms with Gasteiger partial charge in [0.25, 0.3) is 0 Å². The molecule has 2 aliphatic rings. The second-order valence-corrected chi connectivity index (χ2v) is 9.94. The van der Waals surface area contributed by atoms with Crippen LogP contribution in [0.2, 0.25) is 0 Å². The predicted octanol–water partition coefficient (Wildman–Crippen LogP) is 11.3. The first-order valence-electron chi connectivity index (χ1n) is 13.8. The first-order valence-corrected chi connectivity index (χ1v) is 13.8. The summed E-state index contributed by atoms with van der Waals surface area (Å²) in [4.78, 5) is 0. The fourth-order valence-corrected chi connectivity index (χ4v) is 5.05. The average molecular weight is 554 g/mol. The van der Waals surface area contributed by atoms with Crippen molar-refractivity contribution in [1.29, 1.82) is 0 Å². The van der Waals surface area contributed by atoms with Crippen molar-refractivity contribution >= 4 is 22.5 Å². The van der Waals surface area contributed by atoms with Crippen LogP contribution in [-0.2, 0) is 0 Å². The summed E-state index contributed by atoms with van der Waals surface area (Å²) in [6.45, 7) is 13.7. The lowest BCUT2D eigenvalue weighted by atomic mass is 10.0. The minimum atomic E-state index is 0.627. The molecule has 0 fully saturated rings. The zero-order valence-corrected chi connectivity index (χ0v) is 23.9. The maximum atomic E-state index is 6.33. The zero-order chi connectivity index (χ0) is 29.2. The zero-order valence-electron chi connectivity index (χ0n) is 23.9. The first kappa shape index (κ1) is 26.8. The van der Waals surface area contributed by atoms with Crippen LogP contribution in [0.15, 0.2) is 116 Å². The van der Waals surface area contributed by atoms with Crippen molar-refractivity contribution in [3.8, 4) is 46.0 Å². The Morgan fingerprint density at radius 2 is 1.24 bits per heavy atom. The van der Waals surface area contributed by atoms with E-state index in [1.54, 1.807) is 12.2 Å². The third-order valence-corrected chi connectivity index (χ3v) is 7.07. The molecule has 1 N–H and O–H groups in total. The Balaban J connectivity index is 1.20. The van der Waals surface area contributed by atoms with Gasteiger partial charge in [-0.3, -0.25) is 0 Å². The maximum Gasteiger partial charge on any atom is 0.173 e. The molecule has 0 amide bonds. The Hall–Kier alpha value is -5.42. The summed E-state index contributed by atoms with van der Waals surface area (Å²) in [5.74, 6) is 5.31. The van der Waals surface area contributed by atoms with Gasteiger partial charge in [-0.05, 0) is 97.1 Å². The second kappa shape index (κ2) is 11.2. The Morgan fingerprint density at radius 1 is 0.643 bits per heavy atom. The van der Waals surface area contributed by atoms with E-state index in [0.717, 1.165) is 45.0 Å². The van der Waals surface area contributed by atoms with Gasteiger partial charge in [0.05, 0.1) is 0 Å². The van der Waals surface area contributed by atoms with Crippen molar-refractivity contribution in [1.82, 2.24) is 0 Å². The minimum absolute atomic E-state index is 0.627. The van der Waals surface area contributed by atoms with Gasteiger partial charge in [-0.15, -0.1) is 0 Å². The largest absolute Gasteiger partial charge is 0.449 e. The lowest BCUT2D eigenvalue weighted by molar-refractivity contribution is 0.357. The molecule has 2 aliphatic heterocycles. The van der Waals surface area contributed by atoms with E-state index in [2.05, 4.69) is 36.7 Å². The van der Waals surface area contributed by atoms with E-state index in [0.29, 0.717) is 40.2 Å². The summed E-state index contributed by atoms with van der Waals surface area (Å²) in [6.07, 6.45) is 11.6. The molecule has 0 aromatic heterocycles. The van der Waals surface area contributed by atoms with Gasteiger partial charge in [0.2, 0.25) is 0 Å². The maximum absolute atomic E-state index is 6.33. The SMILES string of the molecule is C=C/C=C(\C=C)c1ccc2c(c1)Oc1ccc(Nc3ccc4c(c3)Oc3c(C)cc(C(/C=C\C)=C/C)cc3O4)cc1O2. The molecule has 0 spiro atoms. The lowest BCUT2D eigenvalue weighted by Crippen LogP contribution is -2.03. The highest BCUT2D eigenvalue weighted by Crippen LogP contribution is 2.50. The van der Waals surface area contributed by atoms with E-state index in [9.17, 15) is 0 Å². The first-order chi connectivity index (χ1) is 20.5. The second-order valence-electron chi connectivity index (χ2n) is 9.94. The van der Waals surface area contributed by atoms with Crippen molar-refractivity contribution in [2.45, 2.75) is 20.8 Å². The van der Waals surface area contributed by atoms with Crippen LogP contribution in [0.25, 0.3) is 11.1 Å². The van der Waals surface area contributed by atoms with E-state index in [4.69, 9.17) is 18.9 Å². The van der Waals surface area contributed by atoms with Crippen LogP contribution in [0.1, 0.15) is 30.5 Å². The van der Waals surface area contributed by atoms with Crippen molar-refractivity contribution in [3.05, 3.63) is 133 Å². The molecule has 0 atom stereocenters. The highest BCUT2D eigenvalue weighted by Gasteiger charge is 2.23. The van der Waals surface area contributed by atoms with Gasteiger partial charge in [0, 0.05) is 23.5 Å². The molecule has 0 aliphatic carbocycles. The van der Waals surface area contributed by atoms with Gasteiger partial charge in [-0.25, -0.2) is 0 Å². The topological polar surface area (TPSA) is 49.0 Å². The van der Waals surface area contributed by atoms with Gasteiger partial charge in [-0.2, -0.15) is 0 Å². The number of benzene rings is 4. The van der Waals surface area contributed by atoms with Gasteiger partial charge >= 0.3 is 0 Å². The number of nitrogens with one attached hydrogen (secondary N) is 1. The Labute approximate surface area is 246 Å². The molecule has 42 heavy (non-hydrogen) atoms. The monoisotopic (exact) mass is 553 g/mol.